The van der Waals surface area contributed by atoms with Gasteiger partial charge in [-0.3, -0.25) is 0 Å². The van der Waals surface area contributed by atoms with Crippen LogP contribution in [0.4, 0.5) is 22.7 Å². The predicted molar refractivity (Wildman–Crippen MR) is 169 cm³/mol. The van der Waals surface area contributed by atoms with Gasteiger partial charge in [-0.15, -0.1) is 0 Å². The quantitative estimate of drug-likeness (QED) is 0.281. The Hall–Kier alpha value is -4.24. The lowest BCUT2D eigenvalue weighted by Crippen LogP contribution is -2.44. The van der Waals surface area contributed by atoms with Gasteiger partial charge >= 0.3 is 0 Å². The number of dihydropyridines is 1. The maximum absolute atomic E-state index is 3.90. The van der Waals surface area contributed by atoms with E-state index in [0.717, 1.165) is 12.1 Å². The Morgan fingerprint density at radius 3 is 2.27 bits per heavy atom. The van der Waals surface area contributed by atoms with Gasteiger partial charge in [0.25, 0.3) is 0 Å². The van der Waals surface area contributed by atoms with Crippen LogP contribution in [0.3, 0.4) is 0 Å². The molecule has 3 aliphatic rings. The molecular formula is C37H37N3. The smallest absolute Gasteiger partial charge is 0.123 e. The number of nitrogens with zero attached hydrogens (tertiary/aromatic N) is 2. The predicted octanol–water partition coefficient (Wildman–Crippen LogP) is 9.03. The summed E-state index contributed by atoms with van der Waals surface area (Å²) in [6, 6.07) is 35.9. The summed E-state index contributed by atoms with van der Waals surface area (Å²) < 4.78 is 0. The first-order valence-corrected chi connectivity index (χ1v) is 14.8. The third kappa shape index (κ3) is 4.50. The molecule has 0 aromatic heterocycles. The highest BCUT2D eigenvalue weighted by Gasteiger charge is 2.35. The Labute approximate surface area is 238 Å². The van der Waals surface area contributed by atoms with Crippen LogP contribution in [-0.4, -0.2) is 12.2 Å². The second kappa shape index (κ2) is 10.7. The molecule has 40 heavy (non-hydrogen) atoms. The number of fused-ring (bicyclic) bond motifs is 2. The number of anilines is 4. The summed E-state index contributed by atoms with van der Waals surface area (Å²) in [5.74, 6) is 0. The van der Waals surface area contributed by atoms with Crippen LogP contribution < -0.4 is 15.1 Å². The summed E-state index contributed by atoms with van der Waals surface area (Å²) in [4.78, 5) is 5.26. The molecule has 7 rings (SSSR count). The largest absolute Gasteiger partial charge is 0.361 e. The van der Waals surface area contributed by atoms with E-state index in [9.17, 15) is 0 Å². The van der Waals surface area contributed by atoms with Crippen molar-refractivity contribution >= 4 is 28.4 Å². The van der Waals surface area contributed by atoms with Crippen molar-refractivity contribution in [3.05, 3.63) is 138 Å². The van der Waals surface area contributed by atoms with E-state index in [0.29, 0.717) is 6.04 Å². The molecule has 1 fully saturated rings. The van der Waals surface area contributed by atoms with Crippen LogP contribution in [0.1, 0.15) is 54.4 Å². The third-order valence-corrected chi connectivity index (χ3v) is 8.75. The molecular weight excluding hydrogens is 486 g/mol. The monoisotopic (exact) mass is 523 g/mol. The fourth-order valence-corrected chi connectivity index (χ4v) is 6.86. The van der Waals surface area contributed by atoms with E-state index in [1.54, 1.807) is 0 Å². The lowest BCUT2D eigenvalue weighted by Gasteiger charge is -2.45. The molecule has 0 bridgehead atoms. The number of nitrogens with one attached hydrogen (secondary N) is 1. The summed E-state index contributed by atoms with van der Waals surface area (Å²) in [6.07, 6.45) is 14.1. The van der Waals surface area contributed by atoms with Crippen LogP contribution in [0.5, 0.6) is 0 Å². The van der Waals surface area contributed by atoms with Crippen molar-refractivity contribution in [2.24, 2.45) is 0 Å². The fraction of sp³-hybridized carbons (Fsp3) is 0.243. The van der Waals surface area contributed by atoms with E-state index in [1.165, 1.54) is 77.1 Å². The number of para-hydroxylation sites is 2. The highest BCUT2D eigenvalue weighted by atomic mass is 15.3. The van der Waals surface area contributed by atoms with Crippen molar-refractivity contribution in [1.82, 2.24) is 5.32 Å². The molecule has 1 atom stereocenters. The van der Waals surface area contributed by atoms with Crippen LogP contribution in [0.15, 0.2) is 115 Å². The van der Waals surface area contributed by atoms with E-state index in [4.69, 9.17) is 0 Å². The summed E-state index contributed by atoms with van der Waals surface area (Å²) in [7, 11) is 0. The highest BCUT2D eigenvalue weighted by Crippen LogP contribution is 2.50. The zero-order valence-electron chi connectivity index (χ0n) is 23.3. The molecule has 3 nitrogen and oxygen atoms in total. The number of allylic oxidation sites excluding steroid dienone is 2. The Kier molecular flexibility index (Phi) is 6.65. The molecule has 0 saturated heterocycles. The first-order chi connectivity index (χ1) is 19.8. The fourth-order valence-electron chi connectivity index (χ4n) is 6.86. The zero-order valence-corrected chi connectivity index (χ0v) is 23.3. The van der Waals surface area contributed by atoms with Crippen LogP contribution in [0.2, 0.25) is 0 Å². The Morgan fingerprint density at radius 2 is 1.48 bits per heavy atom. The van der Waals surface area contributed by atoms with Gasteiger partial charge in [0.05, 0.1) is 11.4 Å². The second-order valence-corrected chi connectivity index (χ2v) is 11.3. The van der Waals surface area contributed by atoms with E-state index >= 15 is 0 Å². The van der Waals surface area contributed by atoms with Crippen molar-refractivity contribution in [2.75, 3.05) is 9.80 Å². The minimum atomic E-state index is -0.0295. The van der Waals surface area contributed by atoms with Crippen molar-refractivity contribution in [3.8, 4) is 0 Å². The normalized spacial score (nSPS) is 18.4. The van der Waals surface area contributed by atoms with Crippen molar-refractivity contribution < 1.29 is 0 Å². The van der Waals surface area contributed by atoms with Crippen molar-refractivity contribution in [3.63, 3.8) is 0 Å². The summed E-state index contributed by atoms with van der Waals surface area (Å²) in [5, 5.41) is 3.90. The molecule has 4 aromatic rings. The van der Waals surface area contributed by atoms with Crippen molar-refractivity contribution in [1.29, 1.82) is 0 Å². The van der Waals surface area contributed by atoms with Crippen LogP contribution in [-0.2, 0) is 6.42 Å². The molecule has 4 aromatic carbocycles. The molecule has 0 amide bonds. The van der Waals surface area contributed by atoms with Gasteiger partial charge in [-0.1, -0.05) is 104 Å². The highest BCUT2D eigenvalue weighted by molar-refractivity contribution is 5.90. The molecule has 200 valence electrons. The zero-order chi connectivity index (χ0) is 26.9. The molecule has 2 aliphatic heterocycles. The molecule has 1 aliphatic carbocycles. The van der Waals surface area contributed by atoms with Gasteiger partial charge in [0.1, 0.15) is 6.17 Å². The maximum Gasteiger partial charge on any atom is 0.123 e. The molecule has 1 saturated carbocycles. The number of hydrogen-bond donors (Lipinski definition) is 1. The minimum Gasteiger partial charge on any atom is -0.361 e. The Balaban J connectivity index is 1.40. The van der Waals surface area contributed by atoms with Gasteiger partial charge in [0.2, 0.25) is 0 Å². The van der Waals surface area contributed by atoms with Gasteiger partial charge < -0.3 is 15.1 Å². The van der Waals surface area contributed by atoms with Gasteiger partial charge in [-0.25, -0.2) is 0 Å². The molecule has 0 radical (unpaired) electrons. The van der Waals surface area contributed by atoms with Gasteiger partial charge in [0, 0.05) is 29.5 Å². The van der Waals surface area contributed by atoms with E-state index in [-0.39, 0.29) is 6.17 Å². The van der Waals surface area contributed by atoms with E-state index in [2.05, 4.69) is 137 Å². The van der Waals surface area contributed by atoms with E-state index in [1.807, 2.05) is 0 Å². The minimum absolute atomic E-state index is 0.0295. The van der Waals surface area contributed by atoms with Crippen LogP contribution in [0.25, 0.3) is 5.70 Å². The van der Waals surface area contributed by atoms with Crippen LogP contribution >= 0.6 is 0 Å². The lowest BCUT2D eigenvalue weighted by atomic mass is 9.87. The average molecular weight is 524 g/mol. The summed E-state index contributed by atoms with van der Waals surface area (Å²) in [5.41, 5.74) is 11.8. The molecule has 1 N–H and O–H groups in total. The van der Waals surface area contributed by atoms with Gasteiger partial charge in [0.15, 0.2) is 0 Å². The van der Waals surface area contributed by atoms with Crippen LogP contribution in [0, 0.1) is 6.92 Å². The van der Waals surface area contributed by atoms with Gasteiger partial charge in [-0.05, 0) is 72.4 Å². The topological polar surface area (TPSA) is 18.5 Å². The number of rotatable bonds is 5. The third-order valence-electron chi connectivity index (χ3n) is 8.75. The number of benzene rings is 4. The molecule has 1 unspecified atom stereocenters. The summed E-state index contributed by atoms with van der Waals surface area (Å²) in [6.45, 7) is 2.28. The molecule has 0 spiro atoms. The first-order valence-electron chi connectivity index (χ1n) is 14.8. The van der Waals surface area contributed by atoms with Gasteiger partial charge in [-0.2, -0.15) is 0 Å². The Bertz CT molecular complexity index is 1550. The first kappa shape index (κ1) is 24.8. The number of hydrogen-bond acceptors (Lipinski definition) is 3. The van der Waals surface area contributed by atoms with E-state index < -0.39 is 0 Å². The standard InChI is InChI=1S/C37H37N3/c1-27-24-25-30-26-29-16-11-12-22-34(29)39(31-17-7-3-8-18-31)37(30)36(27)40(32-19-9-4-10-20-32)35-23-13-21-33(38-35)28-14-5-2-6-15-28/h2,4-6,9-16,19-25,31,35,38H,3,7-8,17-18,26H2,1H3. The Morgan fingerprint density at radius 1 is 0.750 bits per heavy atom. The lowest BCUT2D eigenvalue weighted by molar-refractivity contribution is 0.434. The maximum atomic E-state index is 3.90. The SMILES string of the molecule is Cc1ccc2c(c1N(c1ccccc1)C1C=CC=C(c3ccccc3)N1)N(C1CCCCC1)c1ccccc1C2. The molecule has 3 heteroatoms. The average Bonchev–Trinajstić information content (AvgIpc) is 3.03. The van der Waals surface area contributed by atoms with Crippen molar-refractivity contribution in [2.45, 2.75) is 57.7 Å². The second-order valence-electron chi connectivity index (χ2n) is 11.3. The number of aryl methyl sites for hydroxylation is 1. The molecule has 2 heterocycles. The summed E-state index contributed by atoms with van der Waals surface area (Å²) >= 11 is 0.